The van der Waals surface area contributed by atoms with Crippen molar-refractivity contribution in [3.8, 4) is 0 Å². The molecule has 0 aliphatic heterocycles. The average molecular weight is 259 g/mol. The van der Waals surface area contributed by atoms with Crippen LogP contribution >= 0.6 is 0 Å². The lowest BCUT2D eigenvalue weighted by molar-refractivity contribution is -0.118. The molecule has 104 valence electrons. The Kier molecular flexibility index (Phi) is 5.00. The van der Waals surface area contributed by atoms with E-state index in [1.165, 1.54) is 43.2 Å². The van der Waals surface area contributed by atoms with Gasteiger partial charge >= 0.3 is 0 Å². The second-order valence-corrected chi connectivity index (χ2v) is 5.64. The van der Waals surface area contributed by atoms with Gasteiger partial charge in [-0.25, -0.2) is 0 Å². The molecule has 0 aromatic heterocycles. The molecule has 2 nitrogen and oxygen atoms in total. The molecule has 0 fully saturated rings. The molecule has 0 bridgehead atoms. The molecule has 1 N–H and O–H groups in total. The Morgan fingerprint density at radius 3 is 3.00 bits per heavy atom. The Balaban J connectivity index is 2.07. The van der Waals surface area contributed by atoms with E-state index >= 15 is 0 Å². The van der Waals surface area contributed by atoms with E-state index in [4.69, 9.17) is 0 Å². The van der Waals surface area contributed by atoms with Gasteiger partial charge in [-0.1, -0.05) is 31.5 Å². The molecule has 1 aromatic carbocycles. The van der Waals surface area contributed by atoms with Gasteiger partial charge in [-0.15, -0.1) is 0 Å². The first-order valence-electron chi connectivity index (χ1n) is 7.57. The summed E-state index contributed by atoms with van der Waals surface area (Å²) in [5.41, 5.74) is 4.54. The van der Waals surface area contributed by atoms with E-state index in [-0.39, 0.29) is 5.91 Å². The van der Waals surface area contributed by atoms with Gasteiger partial charge in [0.05, 0.1) is 0 Å². The van der Waals surface area contributed by atoms with Crippen molar-refractivity contribution in [2.45, 2.75) is 58.3 Å². The van der Waals surface area contributed by atoms with E-state index in [0.29, 0.717) is 5.92 Å². The third-order valence-corrected chi connectivity index (χ3v) is 4.05. The molecule has 2 heteroatoms. The van der Waals surface area contributed by atoms with Crippen LogP contribution in [0.15, 0.2) is 18.2 Å². The number of hydrogen-bond acceptors (Lipinski definition) is 1. The number of nitrogens with one attached hydrogen (secondary N) is 1. The van der Waals surface area contributed by atoms with Gasteiger partial charge in [0, 0.05) is 13.5 Å². The highest BCUT2D eigenvalue weighted by atomic mass is 16.1. The first-order valence-corrected chi connectivity index (χ1v) is 7.57. The molecule has 1 atom stereocenters. The standard InChI is InChI=1S/C17H25NO/c1-3-5-14-8-9-15-6-4-7-16(17(15)12-14)10-11-18-13(2)19/h8-9,12,16H,3-7,10-11H2,1-2H3,(H,18,19)/t16-/m1/s1. The van der Waals surface area contributed by atoms with Crippen LogP contribution in [0.2, 0.25) is 0 Å². The van der Waals surface area contributed by atoms with Crippen molar-refractivity contribution in [2.75, 3.05) is 6.54 Å². The molecule has 2 rings (SSSR count). The lowest BCUT2D eigenvalue weighted by Gasteiger charge is -2.26. The number of benzene rings is 1. The van der Waals surface area contributed by atoms with Crippen LogP contribution in [0, 0.1) is 0 Å². The van der Waals surface area contributed by atoms with Crippen LogP contribution in [0.1, 0.15) is 62.1 Å². The molecule has 0 spiro atoms. The van der Waals surface area contributed by atoms with E-state index in [2.05, 4.69) is 30.4 Å². The number of fused-ring (bicyclic) bond motifs is 1. The third-order valence-electron chi connectivity index (χ3n) is 4.05. The fraction of sp³-hybridized carbons (Fsp3) is 0.588. The third kappa shape index (κ3) is 3.82. The van der Waals surface area contributed by atoms with Crippen LogP contribution in [0.4, 0.5) is 0 Å². The van der Waals surface area contributed by atoms with Crippen molar-refractivity contribution >= 4 is 5.91 Å². The molecular weight excluding hydrogens is 234 g/mol. The molecule has 1 amide bonds. The summed E-state index contributed by atoms with van der Waals surface area (Å²) in [4.78, 5) is 11.0. The van der Waals surface area contributed by atoms with Crippen molar-refractivity contribution in [3.63, 3.8) is 0 Å². The van der Waals surface area contributed by atoms with Crippen molar-refractivity contribution < 1.29 is 4.79 Å². The van der Waals surface area contributed by atoms with E-state index in [0.717, 1.165) is 13.0 Å². The maximum Gasteiger partial charge on any atom is 0.216 e. The number of rotatable bonds is 5. The zero-order valence-electron chi connectivity index (χ0n) is 12.2. The number of carbonyl (C=O) groups excluding carboxylic acids is 1. The molecule has 0 unspecified atom stereocenters. The van der Waals surface area contributed by atoms with Crippen LogP contribution in [0.5, 0.6) is 0 Å². The fourth-order valence-corrected chi connectivity index (χ4v) is 3.11. The second kappa shape index (κ2) is 6.74. The van der Waals surface area contributed by atoms with E-state index < -0.39 is 0 Å². The van der Waals surface area contributed by atoms with Crippen LogP contribution in [0.25, 0.3) is 0 Å². The van der Waals surface area contributed by atoms with Crippen molar-refractivity contribution in [1.82, 2.24) is 5.32 Å². The number of amides is 1. The van der Waals surface area contributed by atoms with Crippen LogP contribution < -0.4 is 5.32 Å². The normalized spacial score (nSPS) is 17.9. The SMILES string of the molecule is CCCc1ccc2c(c1)[C@@H](CCNC(C)=O)CCC2. The molecule has 1 aliphatic carbocycles. The highest BCUT2D eigenvalue weighted by Gasteiger charge is 2.20. The summed E-state index contributed by atoms with van der Waals surface area (Å²) >= 11 is 0. The molecule has 0 radical (unpaired) electrons. The maximum atomic E-state index is 11.0. The minimum atomic E-state index is 0.0794. The minimum absolute atomic E-state index is 0.0794. The van der Waals surface area contributed by atoms with Gasteiger partial charge < -0.3 is 5.32 Å². The summed E-state index contributed by atoms with van der Waals surface area (Å²) in [6.07, 6.45) is 7.22. The topological polar surface area (TPSA) is 29.1 Å². The van der Waals surface area contributed by atoms with Crippen molar-refractivity contribution in [1.29, 1.82) is 0 Å². The molecule has 0 heterocycles. The quantitative estimate of drug-likeness (QED) is 0.860. The predicted molar refractivity (Wildman–Crippen MR) is 79.4 cm³/mol. The van der Waals surface area contributed by atoms with Gasteiger partial charge in [0.15, 0.2) is 0 Å². The summed E-state index contributed by atoms with van der Waals surface area (Å²) < 4.78 is 0. The van der Waals surface area contributed by atoms with E-state index in [1.807, 2.05) is 0 Å². The Bertz CT molecular complexity index is 439. The largest absolute Gasteiger partial charge is 0.356 e. The maximum absolute atomic E-state index is 11.0. The Morgan fingerprint density at radius 1 is 1.42 bits per heavy atom. The van der Waals surface area contributed by atoms with Crippen LogP contribution in [-0.2, 0) is 17.6 Å². The van der Waals surface area contributed by atoms with Crippen LogP contribution in [0.3, 0.4) is 0 Å². The average Bonchev–Trinajstić information content (AvgIpc) is 2.39. The minimum Gasteiger partial charge on any atom is -0.356 e. The van der Waals surface area contributed by atoms with Gasteiger partial charge in [-0.2, -0.15) is 0 Å². The monoisotopic (exact) mass is 259 g/mol. The Labute approximate surface area is 116 Å². The summed E-state index contributed by atoms with van der Waals surface area (Å²) in [7, 11) is 0. The van der Waals surface area contributed by atoms with Crippen LogP contribution in [-0.4, -0.2) is 12.5 Å². The number of hydrogen-bond donors (Lipinski definition) is 1. The van der Waals surface area contributed by atoms with Crippen molar-refractivity contribution in [2.24, 2.45) is 0 Å². The summed E-state index contributed by atoms with van der Waals surface area (Å²) in [6.45, 7) is 4.62. The zero-order chi connectivity index (χ0) is 13.7. The molecule has 1 aromatic rings. The summed E-state index contributed by atoms with van der Waals surface area (Å²) in [5.74, 6) is 0.711. The first kappa shape index (κ1) is 14.1. The van der Waals surface area contributed by atoms with Gasteiger partial charge in [0.2, 0.25) is 5.91 Å². The molecular formula is C17H25NO. The Hall–Kier alpha value is -1.31. The number of carbonyl (C=O) groups is 1. The molecule has 1 aliphatic rings. The highest BCUT2D eigenvalue weighted by molar-refractivity contribution is 5.72. The second-order valence-electron chi connectivity index (χ2n) is 5.64. The molecule has 19 heavy (non-hydrogen) atoms. The lowest BCUT2D eigenvalue weighted by atomic mass is 9.80. The smallest absolute Gasteiger partial charge is 0.216 e. The highest BCUT2D eigenvalue weighted by Crippen LogP contribution is 2.34. The Morgan fingerprint density at radius 2 is 2.26 bits per heavy atom. The predicted octanol–water partition coefficient (Wildman–Crippen LogP) is 3.59. The molecule has 0 saturated heterocycles. The van der Waals surface area contributed by atoms with Gasteiger partial charge in [0.25, 0.3) is 0 Å². The van der Waals surface area contributed by atoms with Gasteiger partial charge in [0.1, 0.15) is 0 Å². The first-order chi connectivity index (χ1) is 9.20. The zero-order valence-corrected chi connectivity index (χ0v) is 12.2. The van der Waals surface area contributed by atoms with E-state index in [1.54, 1.807) is 12.5 Å². The van der Waals surface area contributed by atoms with E-state index in [9.17, 15) is 4.79 Å². The van der Waals surface area contributed by atoms with Crippen molar-refractivity contribution in [3.05, 3.63) is 34.9 Å². The molecule has 0 saturated carbocycles. The van der Waals surface area contributed by atoms with Gasteiger partial charge in [-0.05, 0) is 54.7 Å². The summed E-state index contributed by atoms with van der Waals surface area (Å²) in [6, 6.07) is 7.03. The van der Waals surface area contributed by atoms with Gasteiger partial charge in [-0.3, -0.25) is 4.79 Å². The lowest BCUT2D eigenvalue weighted by Crippen LogP contribution is -2.23. The fourth-order valence-electron chi connectivity index (χ4n) is 3.11. The summed E-state index contributed by atoms with van der Waals surface area (Å²) in [5, 5.41) is 2.92. The number of aryl methyl sites for hydroxylation is 2.